The Morgan fingerprint density at radius 1 is 1.21 bits per heavy atom. The molecule has 0 bridgehead atoms. The molecule has 142 valence electrons. The van der Waals surface area contributed by atoms with Crippen LogP contribution in [0.3, 0.4) is 0 Å². The molecule has 6 heteroatoms. The minimum absolute atomic E-state index is 0.121. The lowest BCUT2D eigenvalue weighted by Gasteiger charge is -2.17. The Kier molecular flexibility index (Phi) is 4.90. The molecule has 6 nitrogen and oxygen atoms in total. The van der Waals surface area contributed by atoms with Gasteiger partial charge in [-0.15, -0.1) is 0 Å². The first-order chi connectivity index (χ1) is 13.7. The van der Waals surface area contributed by atoms with Gasteiger partial charge in [0.2, 0.25) is 5.91 Å². The fourth-order valence-electron chi connectivity index (χ4n) is 3.44. The number of benzene rings is 2. The number of para-hydroxylation sites is 1. The quantitative estimate of drug-likeness (QED) is 0.757. The number of carbonyl (C=O) groups is 1. The first-order valence-electron chi connectivity index (χ1n) is 9.32. The summed E-state index contributed by atoms with van der Waals surface area (Å²) in [4.78, 5) is 12.6. The van der Waals surface area contributed by atoms with E-state index in [1.807, 2.05) is 54.0 Å². The summed E-state index contributed by atoms with van der Waals surface area (Å²) in [7, 11) is 0. The highest BCUT2D eigenvalue weighted by Gasteiger charge is 2.16. The third kappa shape index (κ3) is 3.52. The number of hydrogen-bond donors (Lipinski definition) is 1. The number of carbonyl (C=O) groups excluding carboxylic acids is 1. The molecule has 1 amide bonds. The molecule has 0 radical (unpaired) electrons. The van der Waals surface area contributed by atoms with Crippen LogP contribution in [0, 0.1) is 11.3 Å². The van der Waals surface area contributed by atoms with Gasteiger partial charge in [-0.1, -0.05) is 24.3 Å². The molecule has 1 aliphatic rings. The number of amides is 1. The first kappa shape index (κ1) is 17.9. The molecule has 1 aromatic heterocycles. The molecule has 2 heterocycles. The predicted molar refractivity (Wildman–Crippen MR) is 105 cm³/mol. The zero-order chi connectivity index (χ0) is 19.5. The standard InChI is InChI=1S/C22H21N3O3/c1-15(16-7-8-20-21(11-16)28-10-4-9-27-20)24-22(26)14-25-13-17(12-23)18-5-2-3-6-19(18)25/h2-3,5-8,11,13,15H,4,9-10,14H2,1H3,(H,24,26). The molecule has 0 aliphatic carbocycles. The molecule has 1 atom stereocenters. The number of ether oxygens (including phenoxy) is 2. The summed E-state index contributed by atoms with van der Waals surface area (Å²) < 4.78 is 13.2. The summed E-state index contributed by atoms with van der Waals surface area (Å²) in [5, 5.41) is 13.2. The highest BCUT2D eigenvalue weighted by Crippen LogP contribution is 2.32. The Labute approximate surface area is 163 Å². The summed E-state index contributed by atoms with van der Waals surface area (Å²) in [5.74, 6) is 1.33. The van der Waals surface area contributed by atoms with Gasteiger partial charge >= 0.3 is 0 Å². The smallest absolute Gasteiger partial charge is 0.240 e. The van der Waals surface area contributed by atoms with Crippen LogP contribution in [0.15, 0.2) is 48.7 Å². The summed E-state index contributed by atoms with van der Waals surface area (Å²) >= 11 is 0. The van der Waals surface area contributed by atoms with Crippen molar-refractivity contribution in [3.63, 3.8) is 0 Å². The zero-order valence-electron chi connectivity index (χ0n) is 15.6. The molecule has 0 fully saturated rings. The van der Waals surface area contributed by atoms with Crippen molar-refractivity contribution in [1.29, 1.82) is 5.26 Å². The molecular formula is C22H21N3O3. The Hall–Kier alpha value is -3.46. The van der Waals surface area contributed by atoms with Crippen molar-refractivity contribution in [2.45, 2.75) is 25.9 Å². The Bertz CT molecular complexity index is 1060. The van der Waals surface area contributed by atoms with Crippen molar-refractivity contribution in [3.8, 4) is 17.6 Å². The molecule has 1 N–H and O–H groups in total. The number of nitrogens with zero attached hydrogens (tertiary/aromatic N) is 2. The lowest BCUT2D eigenvalue weighted by Crippen LogP contribution is -2.29. The van der Waals surface area contributed by atoms with E-state index in [4.69, 9.17) is 9.47 Å². The van der Waals surface area contributed by atoms with Crippen molar-refractivity contribution < 1.29 is 14.3 Å². The van der Waals surface area contributed by atoms with Crippen LogP contribution < -0.4 is 14.8 Å². The van der Waals surface area contributed by atoms with Gasteiger partial charge in [0.05, 0.1) is 24.8 Å². The van der Waals surface area contributed by atoms with Crippen molar-refractivity contribution in [2.24, 2.45) is 0 Å². The molecule has 0 spiro atoms. The van der Waals surface area contributed by atoms with Crippen LogP contribution in [-0.2, 0) is 11.3 Å². The Balaban J connectivity index is 1.48. The van der Waals surface area contributed by atoms with E-state index in [2.05, 4.69) is 11.4 Å². The van der Waals surface area contributed by atoms with Crippen LogP contribution in [0.4, 0.5) is 0 Å². The molecule has 1 aliphatic heterocycles. The van der Waals surface area contributed by atoms with Crippen LogP contribution in [0.5, 0.6) is 11.5 Å². The maximum absolute atomic E-state index is 12.6. The maximum Gasteiger partial charge on any atom is 0.240 e. The van der Waals surface area contributed by atoms with Gasteiger partial charge in [0.15, 0.2) is 11.5 Å². The third-order valence-electron chi connectivity index (χ3n) is 4.87. The number of aromatic nitrogens is 1. The van der Waals surface area contributed by atoms with Crippen molar-refractivity contribution in [3.05, 3.63) is 59.8 Å². The fraction of sp³-hybridized carbons (Fsp3) is 0.273. The molecule has 0 saturated carbocycles. The van der Waals surface area contributed by atoms with Crippen molar-refractivity contribution in [2.75, 3.05) is 13.2 Å². The third-order valence-corrected chi connectivity index (χ3v) is 4.87. The van der Waals surface area contributed by atoms with Gasteiger partial charge in [-0.2, -0.15) is 5.26 Å². The lowest BCUT2D eigenvalue weighted by molar-refractivity contribution is -0.122. The van der Waals surface area contributed by atoms with Crippen molar-refractivity contribution in [1.82, 2.24) is 9.88 Å². The van der Waals surface area contributed by atoms with Gasteiger partial charge < -0.3 is 19.4 Å². The molecular weight excluding hydrogens is 354 g/mol. The largest absolute Gasteiger partial charge is 0.490 e. The number of hydrogen-bond acceptors (Lipinski definition) is 4. The predicted octanol–water partition coefficient (Wildman–Crippen LogP) is 3.55. The zero-order valence-corrected chi connectivity index (χ0v) is 15.6. The summed E-state index contributed by atoms with van der Waals surface area (Å²) in [6, 6.07) is 15.4. The van der Waals surface area contributed by atoms with E-state index in [1.54, 1.807) is 6.20 Å². The normalized spacial score (nSPS) is 14.1. The molecule has 4 rings (SSSR count). The number of nitrogens with one attached hydrogen (secondary N) is 1. The van der Waals surface area contributed by atoms with Gasteiger partial charge in [0.1, 0.15) is 12.6 Å². The highest BCUT2D eigenvalue weighted by molar-refractivity contribution is 5.88. The fourth-order valence-corrected chi connectivity index (χ4v) is 3.44. The van der Waals surface area contributed by atoms with Crippen LogP contribution >= 0.6 is 0 Å². The average Bonchev–Trinajstić information content (AvgIpc) is 2.89. The van der Waals surface area contributed by atoms with Crippen LogP contribution in [0.2, 0.25) is 0 Å². The van der Waals surface area contributed by atoms with E-state index >= 15 is 0 Å². The van der Waals surface area contributed by atoms with E-state index in [0.29, 0.717) is 24.5 Å². The number of rotatable bonds is 4. The second-order valence-corrected chi connectivity index (χ2v) is 6.85. The molecule has 1 unspecified atom stereocenters. The van der Waals surface area contributed by atoms with E-state index < -0.39 is 0 Å². The molecule has 28 heavy (non-hydrogen) atoms. The summed E-state index contributed by atoms with van der Waals surface area (Å²) in [5.41, 5.74) is 2.39. The highest BCUT2D eigenvalue weighted by atomic mass is 16.5. The Morgan fingerprint density at radius 3 is 2.82 bits per heavy atom. The number of nitriles is 1. The minimum atomic E-state index is -0.179. The van der Waals surface area contributed by atoms with E-state index in [-0.39, 0.29) is 18.5 Å². The van der Waals surface area contributed by atoms with Gasteiger partial charge in [-0.05, 0) is 30.7 Å². The Morgan fingerprint density at radius 2 is 2.00 bits per heavy atom. The van der Waals surface area contributed by atoms with Gasteiger partial charge in [0.25, 0.3) is 0 Å². The topological polar surface area (TPSA) is 76.3 Å². The second kappa shape index (κ2) is 7.65. The second-order valence-electron chi connectivity index (χ2n) is 6.85. The first-order valence-corrected chi connectivity index (χ1v) is 9.32. The van der Waals surface area contributed by atoms with Gasteiger partial charge in [-0.25, -0.2) is 0 Å². The van der Waals surface area contributed by atoms with Gasteiger partial charge in [0, 0.05) is 23.5 Å². The molecule has 2 aromatic carbocycles. The van der Waals surface area contributed by atoms with Gasteiger partial charge in [-0.3, -0.25) is 4.79 Å². The molecule has 3 aromatic rings. The van der Waals surface area contributed by atoms with E-state index in [9.17, 15) is 10.1 Å². The van der Waals surface area contributed by atoms with E-state index in [1.165, 1.54) is 0 Å². The summed E-state index contributed by atoms with van der Waals surface area (Å²) in [6.45, 7) is 3.36. The minimum Gasteiger partial charge on any atom is -0.490 e. The maximum atomic E-state index is 12.6. The SMILES string of the molecule is CC(NC(=O)Cn1cc(C#N)c2ccccc21)c1ccc2c(c1)OCCCO2. The van der Waals surface area contributed by atoms with E-state index in [0.717, 1.165) is 28.6 Å². The summed E-state index contributed by atoms with van der Waals surface area (Å²) in [6.07, 6.45) is 2.58. The van der Waals surface area contributed by atoms with Crippen molar-refractivity contribution >= 4 is 16.8 Å². The van der Waals surface area contributed by atoms with Crippen LogP contribution in [0.1, 0.15) is 30.5 Å². The monoisotopic (exact) mass is 375 g/mol. The molecule has 0 saturated heterocycles. The van der Waals surface area contributed by atoms with Crippen LogP contribution in [-0.4, -0.2) is 23.7 Å². The lowest BCUT2D eigenvalue weighted by atomic mass is 10.1. The van der Waals surface area contributed by atoms with Crippen LogP contribution in [0.25, 0.3) is 10.9 Å². The number of fused-ring (bicyclic) bond motifs is 2. The average molecular weight is 375 g/mol.